The zero-order valence-corrected chi connectivity index (χ0v) is 12.8. The van der Waals surface area contributed by atoms with Crippen molar-refractivity contribution in [3.63, 3.8) is 0 Å². The van der Waals surface area contributed by atoms with E-state index in [4.69, 9.17) is 15.6 Å². The molecule has 0 spiro atoms. The summed E-state index contributed by atoms with van der Waals surface area (Å²) in [7, 11) is -3.81. The largest absolute Gasteiger partial charge is 0.489 e. The van der Waals surface area contributed by atoms with Gasteiger partial charge in [-0.25, -0.2) is 13.6 Å². The van der Waals surface area contributed by atoms with Crippen LogP contribution in [0.5, 0.6) is 5.75 Å². The maximum atomic E-state index is 11.2. The molecular formula is C13H13BrN2O3S. The molecule has 7 heteroatoms. The van der Waals surface area contributed by atoms with Gasteiger partial charge in [0.15, 0.2) is 0 Å². The molecular weight excluding hydrogens is 344 g/mol. The fourth-order valence-corrected chi connectivity index (χ4v) is 2.70. The number of benzene rings is 2. The van der Waals surface area contributed by atoms with Crippen molar-refractivity contribution in [3.05, 3.63) is 52.5 Å². The fraction of sp³-hybridized carbons (Fsp3) is 0.0769. The van der Waals surface area contributed by atoms with Crippen LogP contribution in [0.15, 0.2) is 51.8 Å². The minimum absolute atomic E-state index is 0.0668. The fourth-order valence-electron chi connectivity index (χ4n) is 1.65. The monoisotopic (exact) mass is 356 g/mol. The molecule has 2 aromatic rings. The second-order valence-electron chi connectivity index (χ2n) is 4.12. The van der Waals surface area contributed by atoms with E-state index < -0.39 is 10.0 Å². The van der Waals surface area contributed by atoms with Crippen molar-refractivity contribution in [2.45, 2.75) is 11.5 Å². The van der Waals surface area contributed by atoms with Crippen LogP contribution in [0.3, 0.4) is 0 Å². The Morgan fingerprint density at radius 3 is 2.45 bits per heavy atom. The third-order valence-corrected chi connectivity index (χ3v) is 4.40. The molecule has 0 unspecified atom stereocenters. The average molecular weight is 357 g/mol. The molecule has 4 N–H and O–H groups in total. The first-order valence-corrected chi connectivity index (χ1v) is 8.00. The van der Waals surface area contributed by atoms with E-state index in [1.807, 2.05) is 24.3 Å². The molecule has 2 aromatic carbocycles. The number of hydrogen-bond donors (Lipinski definition) is 2. The van der Waals surface area contributed by atoms with Crippen LogP contribution in [0.2, 0.25) is 0 Å². The highest BCUT2D eigenvalue weighted by Crippen LogP contribution is 2.24. The van der Waals surface area contributed by atoms with E-state index in [9.17, 15) is 8.42 Å². The first kappa shape index (κ1) is 14.8. The van der Waals surface area contributed by atoms with Crippen LogP contribution in [-0.4, -0.2) is 8.42 Å². The van der Waals surface area contributed by atoms with Gasteiger partial charge in [-0.05, 0) is 18.2 Å². The van der Waals surface area contributed by atoms with Crippen molar-refractivity contribution >= 4 is 31.6 Å². The van der Waals surface area contributed by atoms with E-state index in [-0.39, 0.29) is 10.6 Å². The Labute approximate surface area is 125 Å². The molecule has 0 aromatic heterocycles. The molecule has 0 heterocycles. The number of sulfonamides is 1. The quantitative estimate of drug-likeness (QED) is 0.821. The van der Waals surface area contributed by atoms with Gasteiger partial charge in [0.05, 0.1) is 5.69 Å². The lowest BCUT2D eigenvalue weighted by Crippen LogP contribution is -2.14. The van der Waals surface area contributed by atoms with Gasteiger partial charge in [0, 0.05) is 16.1 Å². The zero-order valence-electron chi connectivity index (χ0n) is 10.4. The third-order valence-electron chi connectivity index (χ3n) is 2.64. The van der Waals surface area contributed by atoms with Crippen molar-refractivity contribution in [2.75, 3.05) is 5.73 Å². The van der Waals surface area contributed by atoms with Crippen LogP contribution < -0.4 is 15.6 Å². The lowest BCUT2D eigenvalue weighted by Gasteiger charge is -2.10. The van der Waals surface area contributed by atoms with Crippen molar-refractivity contribution < 1.29 is 13.2 Å². The van der Waals surface area contributed by atoms with Crippen LogP contribution in [-0.2, 0) is 16.6 Å². The lowest BCUT2D eigenvalue weighted by molar-refractivity contribution is 0.305. The number of nitrogens with two attached hydrogens (primary N) is 2. The SMILES string of the molecule is Nc1cc(OCc2ccccc2Br)ccc1S(N)(=O)=O. The number of nitrogen functional groups attached to an aromatic ring is 1. The minimum atomic E-state index is -3.81. The summed E-state index contributed by atoms with van der Waals surface area (Å²) in [5, 5.41) is 5.04. The Bertz CT molecular complexity index is 732. The molecule has 2 rings (SSSR count). The highest BCUT2D eigenvalue weighted by molar-refractivity contribution is 9.10. The predicted molar refractivity (Wildman–Crippen MR) is 80.7 cm³/mol. The Balaban J connectivity index is 2.16. The van der Waals surface area contributed by atoms with Crippen molar-refractivity contribution in [2.24, 2.45) is 5.14 Å². The van der Waals surface area contributed by atoms with Crippen molar-refractivity contribution in [3.8, 4) is 5.75 Å². The van der Waals surface area contributed by atoms with Gasteiger partial charge in [0.25, 0.3) is 0 Å². The summed E-state index contributed by atoms with van der Waals surface area (Å²) in [6.07, 6.45) is 0. The van der Waals surface area contributed by atoms with Crippen LogP contribution >= 0.6 is 15.9 Å². The number of ether oxygens (including phenoxy) is 1. The molecule has 0 aliphatic carbocycles. The molecule has 0 radical (unpaired) electrons. The van der Waals surface area contributed by atoms with Crippen LogP contribution in [0.1, 0.15) is 5.56 Å². The summed E-state index contributed by atoms with van der Waals surface area (Å²) >= 11 is 3.42. The summed E-state index contributed by atoms with van der Waals surface area (Å²) < 4.78 is 29.0. The molecule has 0 aliphatic rings. The maximum absolute atomic E-state index is 11.2. The first-order valence-electron chi connectivity index (χ1n) is 5.66. The smallest absolute Gasteiger partial charge is 0.240 e. The molecule has 0 amide bonds. The van der Waals surface area contributed by atoms with E-state index in [1.165, 1.54) is 18.2 Å². The number of primary sulfonamides is 1. The number of halogens is 1. The molecule has 0 saturated carbocycles. The molecule has 0 saturated heterocycles. The van der Waals surface area contributed by atoms with Gasteiger partial charge in [-0.3, -0.25) is 0 Å². The van der Waals surface area contributed by atoms with Gasteiger partial charge >= 0.3 is 0 Å². The molecule has 0 aliphatic heterocycles. The molecule has 0 fully saturated rings. The van der Waals surface area contributed by atoms with Crippen LogP contribution in [0, 0.1) is 0 Å². The van der Waals surface area contributed by atoms with Gasteiger partial charge in [0.1, 0.15) is 17.3 Å². The van der Waals surface area contributed by atoms with E-state index in [0.29, 0.717) is 12.4 Å². The summed E-state index contributed by atoms with van der Waals surface area (Å²) in [5.74, 6) is 0.477. The van der Waals surface area contributed by atoms with Crippen molar-refractivity contribution in [1.29, 1.82) is 0 Å². The van der Waals surface area contributed by atoms with Gasteiger partial charge in [-0.2, -0.15) is 0 Å². The third kappa shape index (κ3) is 3.50. The van der Waals surface area contributed by atoms with E-state index in [0.717, 1.165) is 10.0 Å². The van der Waals surface area contributed by atoms with E-state index in [2.05, 4.69) is 15.9 Å². The number of rotatable bonds is 4. The Morgan fingerprint density at radius 1 is 1.15 bits per heavy atom. The molecule has 0 bridgehead atoms. The normalized spacial score (nSPS) is 11.3. The standard InChI is InChI=1S/C13H13BrN2O3S/c14-11-4-2-1-3-9(11)8-19-10-5-6-13(12(15)7-10)20(16,17)18/h1-7H,8,15H2,(H2,16,17,18). The van der Waals surface area contributed by atoms with Gasteiger partial charge in [0.2, 0.25) is 10.0 Å². The van der Waals surface area contributed by atoms with E-state index in [1.54, 1.807) is 0 Å². The lowest BCUT2D eigenvalue weighted by atomic mass is 10.2. The van der Waals surface area contributed by atoms with Gasteiger partial charge in [-0.15, -0.1) is 0 Å². The zero-order chi connectivity index (χ0) is 14.8. The Hall–Kier alpha value is -1.57. The summed E-state index contributed by atoms with van der Waals surface area (Å²) in [5.41, 5.74) is 6.70. The van der Waals surface area contributed by atoms with Gasteiger partial charge < -0.3 is 10.5 Å². The number of anilines is 1. The maximum Gasteiger partial charge on any atom is 0.240 e. The highest BCUT2D eigenvalue weighted by Gasteiger charge is 2.12. The predicted octanol–water partition coefficient (Wildman–Crippen LogP) is 2.26. The second kappa shape index (κ2) is 5.82. The van der Waals surface area contributed by atoms with Crippen LogP contribution in [0.4, 0.5) is 5.69 Å². The van der Waals surface area contributed by atoms with E-state index >= 15 is 0 Å². The minimum Gasteiger partial charge on any atom is -0.489 e. The molecule has 106 valence electrons. The average Bonchev–Trinajstić information content (AvgIpc) is 2.36. The molecule has 5 nitrogen and oxygen atoms in total. The molecule has 0 atom stereocenters. The summed E-state index contributed by atoms with van der Waals surface area (Å²) in [6, 6.07) is 11.9. The second-order valence-corrected chi connectivity index (χ2v) is 6.51. The number of hydrogen-bond acceptors (Lipinski definition) is 4. The van der Waals surface area contributed by atoms with Gasteiger partial charge in [-0.1, -0.05) is 34.1 Å². The Morgan fingerprint density at radius 2 is 1.85 bits per heavy atom. The van der Waals surface area contributed by atoms with Crippen LogP contribution in [0.25, 0.3) is 0 Å². The summed E-state index contributed by atoms with van der Waals surface area (Å²) in [6.45, 7) is 0.343. The highest BCUT2D eigenvalue weighted by atomic mass is 79.9. The summed E-state index contributed by atoms with van der Waals surface area (Å²) in [4.78, 5) is -0.106. The van der Waals surface area contributed by atoms with Crippen molar-refractivity contribution in [1.82, 2.24) is 0 Å². The Kier molecular flexibility index (Phi) is 4.32. The molecule has 20 heavy (non-hydrogen) atoms. The first-order chi connectivity index (χ1) is 9.38. The topological polar surface area (TPSA) is 95.4 Å².